The van der Waals surface area contributed by atoms with Crippen molar-refractivity contribution in [2.75, 3.05) is 5.73 Å². The lowest BCUT2D eigenvalue weighted by atomic mass is 10.3. The molecule has 0 spiro atoms. The fourth-order valence-electron chi connectivity index (χ4n) is 0.997. The molecule has 0 saturated heterocycles. The van der Waals surface area contributed by atoms with E-state index in [9.17, 15) is 14.4 Å². The van der Waals surface area contributed by atoms with Crippen LogP contribution < -0.4 is 17.0 Å². The van der Waals surface area contributed by atoms with E-state index in [1.807, 2.05) is 0 Å². The fourth-order valence-corrected chi connectivity index (χ4v) is 0.997. The summed E-state index contributed by atoms with van der Waals surface area (Å²) in [5.74, 6) is -0.108. The van der Waals surface area contributed by atoms with Gasteiger partial charge in [0.2, 0.25) is 0 Å². The topological polar surface area (TPSA) is 87.1 Å². The summed E-state index contributed by atoms with van der Waals surface area (Å²) in [4.78, 5) is 32.9. The predicted molar refractivity (Wildman–Crippen MR) is 46.7 cm³/mol. The van der Waals surface area contributed by atoms with Crippen LogP contribution in [0.2, 0.25) is 0 Å². The summed E-state index contributed by atoms with van der Waals surface area (Å²) in [5.41, 5.74) is 3.97. The van der Waals surface area contributed by atoms with E-state index >= 15 is 0 Å². The van der Waals surface area contributed by atoms with Gasteiger partial charge in [-0.3, -0.25) is 18.7 Å². The van der Waals surface area contributed by atoms with Gasteiger partial charge in [-0.2, -0.15) is 0 Å². The third kappa shape index (κ3) is 1.16. The molecule has 13 heavy (non-hydrogen) atoms. The lowest BCUT2D eigenvalue weighted by Crippen LogP contribution is -2.40. The maximum absolute atomic E-state index is 11.2. The van der Waals surface area contributed by atoms with Gasteiger partial charge in [0.15, 0.2) is 6.29 Å². The van der Waals surface area contributed by atoms with Crippen molar-refractivity contribution in [2.24, 2.45) is 14.1 Å². The van der Waals surface area contributed by atoms with E-state index in [-0.39, 0.29) is 11.4 Å². The van der Waals surface area contributed by atoms with E-state index in [0.29, 0.717) is 6.29 Å². The molecule has 0 radical (unpaired) electrons. The van der Waals surface area contributed by atoms with Gasteiger partial charge in [0.05, 0.1) is 0 Å². The predicted octanol–water partition coefficient (Wildman–Crippen LogP) is -1.52. The number of anilines is 1. The molecular formula is C7H9N3O3. The number of carbonyl (C=O) groups excluding carboxylic acids is 1. The van der Waals surface area contributed by atoms with Gasteiger partial charge in [-0.1, -0.05) is 0 Å². The number of rotatable bonds is 1. The molecular weight excluding hydrogens is 174 g/mol. The van der Waals surface area contributed by atoms with Gasteiger partial charge >= 0.3 is 5.69 Å². The van der Waals surface area contributed by atoms with Gasteiger partial charge in [-0.25, -0.2) is 4.79 Å². The summed E-state index contributed by atoms with van der Waals surface area (Å²) in [7, 11) is 2.68. The molecule has 1 rings (SSSR count). The standard InChI is InChI=1S/C7H9N3O3/c1-9-5(8)4(3-11)6(12)10(2)7(9)13/h3H,8H2,1-2H3. The number of hydrogen-bond donors (Lipinski definition) is 1. The second-order valence-electron chi connectivity index (χ2n) is 2.62. The summed E-state index contributed by atoms with van der Waals surface area (Å²) in [5, 5.41) is 0. The molecule has 0 amide bonds. The zero-order valence-corrected chi connectivity index (χ0v) is 7.27. The van der Waals surface area contributed by atoms with E-state index in [1.165, 1.54) is 14.1 Å². The quantitative estimate of drug-likeness (QED) is 0.535. The maximum atomic E-state index is 11.2. The highest BCUT2D eigenvalue weighted by molar-refractivity contribution is 5.80. The minimum absolute atomic E-state index is 0.108. The Bertz CT molecular complexity index is 469. The number of aromatic nitrogens is 2. The van der Waals surface area contributed by atoms with Crippen LogP contribution in [0.25, 0.3) is 0 Å². The molecule has 0 aliphatic heterocycles. The molecule has 1 aromatic rings. The zero-order chi connectivity index (χ0) is 10.2. The minimum atomic E-state index is -0.671. The molecule has 2 N–H and O–H groups in total. The summed E-state index contributed by atoms with van der Waals surface area (Å²) in [6.07, 6.45) is 0.344. The largest absolute Gasteiger partial charge is 0.384 e. The summed E-state index contributed by atoms with van der Waals surface area (Å²) in [6.45, 7) is 0. The Morgan fingerprint density at radius 3 is 2.23 bits per heavy atom. The highest BCUT2D eigenvalue weighted by Crippen LogP contribution is 1.97. The molecule has 0 atom stereocenters. The van der Waals surface area contributed by atoms with Crippen LogP contribution in [0, 0.1) is 0 Å². The number of nitrogens with zero attached hydrogens (tertiary/aromatic N) is 2. The van der Waals surface area contributed by atoms with E-state index in [0.717, 1.165) is 9.13 Å². The van der Waals surface area contributed by atoms with Crippen LogP contribution in [0.15, 0.2) is 9.59 Å². The Morgan fingerprint density at radius 2 is 1.77 bits per heavy atom. The minimum Gasteiger partial charge on any atom is -0.384 e. The Hall–Kier alpha value is -1.85. The van der Waals surface area contributed by atoms with Crippen molar-refractivity contribution < 1.29 is 4.79 Å². The SMILES string of the molecule is Cn1c(N)c(C=O)c(=O)n(C)c1=O. The molecule has 6 heteroatoms. The monoisotopic (exact) mass is 183 g/mol. The highest BCUT2D eigenvalue weighted by Gasteiger charge is 2.11. The molecule has 0 unspecified atom stereocenters. The van der Waals surface area contributed by atoms with Crippen LogP contribution in [-0.2, 0) is 14.1 Å². The summed E-state index contributed by atoms with van der Waals surface area (Å²) >= 11 is 0. The first-order chi connectivity index (χ1) is 6.00. The zero-order valence-electron chi connectivity index (χ0n) is 7.27. The molecule has 6 nitrogen and oxygen atoms in total. The fraction of sp³-hybridized carbons (Fsp3) is 0.286. The second-order valence-corrected chi connectivity index (χ2v) is 2.62. The number of nitrogen functional groups attached to an aromatic ring is 1. The molecule has 0 aliphatic rings. The molecule has 0 aliphatic carbocycles. The molecule has 0 aromatic carbocycles. The van der Waals surface area contributed by atoms with Gasteiger partial charge in [0, 0.05) is 14.1 Å². The van der Waals surface area contributed by atoms with Crippen LogP contribution in [0.3, 0.4) is 0 Å². The molecule has 1 heterocycles. The van der Waals surface area contributed by atoms with Crippen LogP contribution >= 0.6 is 0 Å². The average molecular weight is 183 g/mol. The van der Waals surface area contributed by atoms with Gasteiger partial charge in [-0.15, -0.1) is 0 Å². The van der Waals surface area contributed by atoms with Crippen molar-refractivity contribution >= 4 is 12.1 Å². The second kappa shape index (κ2) is 2.89. The Labute approximate surface area is 73.2 Å². The number of carbonyl (C=O) groups is 1. The lowest BCUT2D eigenvalue weighted by Gasteiger charge is -2.06. The van der Waals surface area contributed by atoms with E-state index in [1.54, 1.807) is 0 Å². The van der Waals surface area contributed by atoms with Crippen LogP contribution in [0.5, 0.6) is 0 Å². The van der Waals surface area contributed by atoms with Crippen molar-refractivity contribution in [3.63, 3.8) is 0 Å². The normalized spacial score (nSPS) is 10.0. The smallest absolute Gasteiger partial charge is 0.332 e. The third-order valence-electron chi connectivity index (χ3n) is 1.86. The summed E-state index contributed by atoms with van der Waals surface area (Å²) < 4.78 is 1.88. The molecule has 0 bridgehead atoms. The van der Waals surface area contributed by atoms with E-state index < -0.39 is 11.2 Å². The first-order valence-electron chi connectivity index (χ1n) is 3.51. The van der Waals surface area contributed by atoms with Gasteiger partial charge in [-0.05, 0) is 0 Å². The Kier molecular flexibility index (Phi) is 2.05. The number of nitrogens with two attached hydrogens (primary N) is 1. The molecule has 70 valence electrons. The van der Waals surface area contributed by atoms with Gasteiger partial charge in [0.25, 0.3) is 5.56 Å². The number of aldehydes is 1. The first kappa shape index (κ1) is 9.24. The van der Waals surface area contributed by atoms with Crippen molar-refractivity contribution in [3.05, 3.63) is 26.4 Å². The van der Waals surface area contributed by atoms with Crippen LogP contribution in [0.4, 0.5) is 5.82 Å². The Balaban J connectivity index is 3.88. The van der Waals surface area contributed by atoms with E-state index in [4.69, 9.17) is 5.73 Å². The molecule has 0 fully saturated rings. The van der Waals surface area contributed by atoms with Crippen molar-refractivity contribution in [1.82, 2.24) is 9.13 Å². The molecule has 0 saturated carbocycles. The highest BCUT2D eigenvalue weighted by atomic mass is 16.2. The number of hydrogen-bond acceptors (Lipinski definition) is 4. The van der Waals surface area contributed by atoms with Crippen molar-refractivity contribution in [3.8, 4) is 0 Å². The van der Waals surface area contributed by atoms with Crippen molar-refractivity contribution in [1.29, 1.82) is 0 Å². The average Bonchev–Trinajstić information content (AvgIpc) is 2.13. The maximum Gasteiger partial charge on any atom is 0.332 e. The van der Waals surface area contributed by atoms with E-state index in [2.05, 4.69) is 0 Å². The van der Waals surface area contributed by atoms with Gasteiger partial charge < -0.3 is 5.73 Å². The van der Waals surface area contributed by atoms with Crippen LogP contribution in [-0.4, -0.2) is 15.4 Å². The van der Waals surface area contributed by atoms with Crippen LogP contribution in [0.1, 0.15) is 10.4 Å². The van der Waals surface area contributed by atoms with Gasteiger partial charge in [0.1, 0.15) is 11.4 Å². The first-order valence-corrected chi connectivity index (χ1v) is 3.51. The van der Waals surface area contributed by atoms with Crippen molar-refractivity contribution in [2.45, 2.75) is 0 Å². The Morgan fingerprint density at radius 1 is 1.23 bits per heavy atom. The molecule has 1 aromatic heterocycles. The summed E-state index contributed by atoms with van der Waals surface area (Å²) in [6, 6.07) is 0. The third-order valence-corrected chi connectivity index (χ3v) is 1.86. The lowest BCUT2D eigenvalue weighted by molar-refractivity contribution is 0.112.